The summed E-state index contributed by atoms with van der Waals surface area (Å²) in [4.78, 5) is 0. The van der Waals surface area contributed by atoms with Gasteiger partial charge in [0.2, 0.25) is 0 Å². The highest BCUT2D eigenvalue weighted by atomic mass is 79.9. The number of nitrogens with zero attached hydrogens (tertiary/aromatic N) is 1. The van der Waals surface area contributed by atoms with E-state index in [-0.39, 0.29) is 16.7 Å². The molecule has 0 heterocycles. The van der Waals surface area contributed by atoms with Crippen molar-refractivity contribution in [2.45, 2.75) is 38.8 Å². The minimum absolute atomic E-state index is 0.191. The third kappa shape index (κ3) is 9.39. The lowest BCUT2D eigenvalue weighted by molar-refractivity contribution is -0.143. The van der Waals surface area contributed by atoms with E-state index in [1.165, 1.54) is 24.3 Å². The second-order valence-corrected chi connectivity index (χ2v) is 13.4. The van der Waals surface area contributed by atoms with Gasteiger partial charge < -0.3 is 4.74 Å². The third-order valence-electron chi connectivity index (χ3n) is 6.40. The number of anilines is 1. The number of hydrogen-bond acceptors (Lipinski definition) is 3. The summed E-state index contributed by atoms with van der Waals surface area (Å²) >= 11 is 18.5. The number of halogens is 11. The van der Waals surface area contributed by atoms with Crippen LogP contribution in [0.25, 0.3) is 0 Å². The first-order valence-corrected chi connectivity index (χ1v) is 15.5. The lowest BCUT2D eigenvalue weighted by atomic mass is 9.86. The molecule has 3 nitrogen and oxygen atoms in total. The minimum atomic E-state index is -5.62. The van der Waals surface area contributed by atoms with Crippen molar-refractivity contribution in [3.63, 3.8) is 0 Å². The SMILES string of the molecule is CC(C)(C)c1ccc(Cc2ccc(Cl)cc2Cl)cc1.COc1c(Br)cc(Br)cc1/C=N/Nc1c(F)c(F)c(C(F)(F)F)c(F)c1F. The predicted molar refractivity (Wildman–Crippen MR) is 175 cm³/mol. The normalized spacial score (nSPS) is 11.8. The fraction of sp³-hybridized carbons (Fsp3) is 0.219. The molecule has 4 aromatic carbocycles. The van der Waals surface area contributed by atoms with E-state index in [1.807, 2.05) is 12.1 Å². The molecule has 1 N–H and O–H groups in total. The van der Waals surface area contributed by atoms with Gasteiger partial charge in [0.25, 0.3) is 0 Å². The van der Waals surface area contributed by atoms with Crippen LogP contribution < -0.4 is 10.2 Å². The van der Waals surface area contributed by atoms with Crippen molar-refractivity contribution >= 4 is 67.0 Å². The highest BCUT2D eigenvalue weighted by Crippen LogP contribution is 2.38. The Morgan fingerprint density at radius 2 is 1.43 bits per heavy atom. The average molecular weight is 817 g/mol. The first kappa shape index (κ1) is 37.7. The summed E-state index contributed by atoms with van der Waals surface area (Å²) in [6.45, 7) is 6.66. The first-order valence-electron chi connectivity index (χ1n) is 13.1. The molecule has 0 saturated heterocycles. The first-order chi connectivity index (χ1) is 21.3. The van der Waals surface area contributed by atoms with Crippen LogP contribution in [0.5, 0.6) is 5.75 Å². The van der Waals surface area contributed by atoms with E-state index in [9.17, 15) is 30.7 Å². The molecule has 46 heavy (non-hydrogen) atoms. The van der Waals surface area contributed by atoms with Crippen LogP contribution in [0.3, 0.4) is 0 Å². The Balaban J connectivity index is 0.000000266. The van der Waals surface area contributed by atoms with Crippen LogP contribution in [0.15, 0.2) is 68.6 Å². The number of methoxy groups -OCH3 is 1. The lowest BCUT2D eigenvalue weighted by Crippen LogP contribution is -2.16. The van der Waals surface area contributed by atoms with Crippen molar-refractivity contribution in [1.82, 2.24) is 0 Å². The molecule has 246 valence electrons. The molecule has 0 amide bonds. The molecule has 4 aromatic rings. The Hall–Kier alpha value is -2.80. The Morgan fingerprint density at radius 1 is 0.848 bits per heavy atom. The van der Waals surface area contributed by atoms with Crippen LogP contribution in [0.4, 0.5) is 36.4 Å². The van der Waals surface area contributed by atoms with Gasteiger partial charge in [0.05, 0.1) is 17.8 Å². The summed E-state index contributed by atoms with van der Waals surface area (Å²) in [5.74, 6) is -9.42. The predicted octanol–water partition coefficient (Wildman–Crippen LogP) is 12.1. The fourth-order valence-corrected chi connectivity index (χ4v) is 5.94. The van der Waals surface area contributed by atoms with Crippen LogP contribution in [-0.2, 0) is 18.0 Å². The molecule has 4 rings (SSSR count). The summed E-state index contributed by atoms with van der Waals surface area (Å²) in [5, 5.41) is 4.81. The van der Waals surface area contributed by atoms with E-state index >= 15 is 0 Å². The number of ether oxygens (including phenoxy) is 1. The fourth-order valence-electron chi connectivity index (χ4n) is 4.04. The standard InChI is InChI=1S/C17H18Cl2.C15H7Br2F7N2O/c1-17(2,3)14-7-4-12(5-8-14)10-13-6-9-15(18)11-16(13)19;1-27-14-5(2-6(16)3-7(14)17)4-25-26-13-11(20)9(18)8(15(22,23)24)10(19)12(13)21/h4-9,11H,10H2,1-3H3;2-4,26H,1H3/b;25-4+. The number of nitrogens with one attached hydrogen (secondary N) is 1. The van der Waals surface area contributed by atoms with E-state index in [0.717, 1.165) is 23.2 Å². The lowest BCUT2D eigenvalue weighted by Gasteiger charge is -2.19. The zero-order valence-corrected chi connectivity index (χ0v) is 29.2. The maximum Gasteiger partial charge on any atom is 0.422 e. The van der Waals surface area contributed by atoms with Crippen molar-refractivity contribution in [2.24, 2.45) is 5.10 Å². The molecule has 0 aliphatic carbocycles. The van der Waals surface area contributed by atoms with Gasteiger partial charge in [-0.25, -0.2) is 17.6 Å². The number of hydrazone groups is 1. The minimum Gasteiger partial charge on any atom is -0.495 e. The molecule has 0 spiro atoms. The molecule has 0 aromatic heterocycles. The number of hydrogen-bond donors (Lipinski definition) is 1. The molecule has 0 atom stereocenters. The molecule has 0 unspecified atom stereocenters. The van der Waals surface area contributed by atoms with Gasteiger partial charge >= 0.3 is 6.18 Å². The highest BCUT2D eigenvalue weighted by molar-refractivity contribution is 9.11. The quantitative estimate of drug-likeness (QED) is 0.0910. The molecule has 0 saturated carbocycles. The molecule has 0 aliphatic rings. The molecule has 0 bridgehead atoms. The summed E-state index contributed by atoms with van der Waals surface area (Å²) in [5.41, 5.74) is 1.67. The Bertz CT molecular complexity index is 1710. The van der Waals surface area contributed by atoms with Gasteiger partial charge in [-0.2, -0.15) is 18.3 Å². The zero-order chi connectivity index (χ0) is 34.6. The smallest absolute Gasteiger partial charge is 0.422 e. The van der Waals surface area contributed by atoms with Gasteiger partial charge in [0, 0.05) is 20.1 Å². The van der Waals surface area contributed by atoms with Gasteiger partial charge in [-0.15, -0.1) is 0 Å². The number of alkyl halides is 3. The third-order valence-corrected chi connectivity index (χ3v) is 8.03. The maximum atomic E-state index is 13.8. The van der Waals surface area contributed by atoms with Crippen molar-refractivity contribution < 1.29 is 35.5 Å². The second-order valence-electron chi connectivity index (χ2n) is 10.7. The Morgan fingerprint density at radius 3 is 1.93 bits per heavy atom. The molecular weight excluding hydrogens is 792 g/mol. The largest absolute Gasteiger partial charge is 0.495 e. The van der Waals surface area contributed by atoms with Crippen molar-refractivity contribution in [3.05, 3.63) is 125 Å². The molecule has 0 fully saturated rings. The summed E-state index contributed by atoms with van der Waals surface area (Å²) in [6, 6.07) is 17.5. The Labute approximate surface area is 288 Å². The summed E-state index contributed by atoms with van der Waals surface area (Å²) in [7, 11) is 1.33. The highest BCUT2D eigenvalue weighted by Gasteiger charge is 2.42. The van der Waals surface area contributed by atoms with Gasteiger partial charge in [0.15, 0.2) is 23.3 Å². The van der Waals surface area contributed by atoms with Crippen molar-refractivity contribution in [3.8, 4) is 5.75 Å². The van der Waals surface area contributed by atoms with E-state index in [2.05, 4.69) is 82.0 Å². The summed E-state index contributed by atoms with van der Waals surface area (Å²) in [6.07, 6.45) is -3.80. The van der Waals surface area contributed by atoms with Crippen LogP contribution >= 0.6 is 55.1 Å². The monoisotopic (exact) mass is 814 g/mol. The van der Waals surface area contributed by atoms with Gasteiger partial charge in [0.1, 0.15) is 17.0 Å². The maximum absolute atomic E-state index is 13.8. The van der Waals surface area contributed by atoms with Crippen LogP contribution in [-0.4, -0.2) is 13.3 Å². The van der Waals surface area contributed by atoms with Crippen molar-refractivity contribution in [1.29, 1.82) is 0 Å². The van der Waals surface area contributed by atoms with Gasteiger partial charge in [-0.1, -0.05) is 90.2 Å². The van der Waals surface area contributed by atoms with Crippen LogP contribution in [0.2, 0.25) is 10.0 Å². The zero-order valence-electron chi connectivity index (χ0n) is 24.5. The average Bonchev–Trinajstić information content (AvgIpc) is 2.94. The van der Waals surface area contributed by atoms with Crippen LogP contribution in [0, 0.1) is 23.3 Å². The van der Waals surface area contributed by atoms with Crippen molar-refractivity contribution in [2.75, 3.05) is 12.5 Å². The van der Waals surface area contributed by atoms with Crippen LogP contribution in [0.1, 0.15) is 48.6 Å². The number of rotatable bonds is 6. The van der Waals surface area contributed by atoms with E-state index in [1.54, 1.807) is 17.6 Å². The van der Waals surface area contributed by atoms with E-state index in [4.69, 9.17) is 27.9 Å². The molecule has 0 radical (unpaired) electrons. The topological polar surface area (TPSA) is 33.6 Å². The second kappa shape index (κ2) is 15.4. The van der Waals surface area contributed by atoms with E-state index < -0.39 is 40.7 Å². The van der Waals surface area contributed by atoms with Gasteiger partial charge in [-0.3, -0.25) is 5.43 Å². The van der Waals surface area contributed by atoms with Gasteiger partial charge in [-0.05, 0) is 68.7 Å². The molecule has 0 aliphatic heterocycles. The Kier molecular flexibility index (Phi) is 12.6. The molecular formula is C32H25Br2Cl2F7N2O. The van der Waals surface area contributed by atoms with E-state index in [0.29, 0.717) is 14.0 Å². The molecule has 14 heteroatoms. The summed E-state index contributed by atoms with van der Waals surface area (Å²) < 4.78 is 98.4. The number of benzene rings is 4.